The van der Waals surface area contributed by atoms with Crippen molar-refractivity contribution in [2.45, 2.75) is 40.0 Å². The van der Waals surface area contributed by atoms with Crippen molar-refractivity contribution < 1.29 is 17.9 Å². The number of hydrogen-bond donors (Lipinski definition) is 1. The van der Waals surface area contributed by atoms with E-state index in [9.17, 15) is 8.78 Å². The molecule has 1 N–H and O–H groups in total. The Morgan fingerprint density at radius 2 is 1.95 bits per heavy atom. The largest absolute Gasteiger partial charge is 0.489 e. The summed E-state index contributed by atoms with van der Waals surface area (Å²) in [6.07, 6.45) is 0. The summed E-state index contributed by atoms with van der Waals surface area (Å²) in [6, 6.07) is 5.76. The summed E-state index contributed by atoms with van der Waals surface area (Å²) in [6.45, 7) is 6.86. The molecule has 0 bridgehead atoms. The predicted molar refractivity (Wildman–Crippen MR) is 76.1 cm³/mol. The highest BCUT2D eigenvalue weighted by Gasteiger charge is 2.09. The average Bonchev–Trinajstić information content (AvgIpc) is 2.78. The van der Waals surface area contributed by atoms with Gasteiger partial charge in [0.2, 0.25) is 0 Å². The van der Waals surface area contributed by atoms with Gasteiger partial charge < -0.3 is 14.5 Å². The first-order valence-corrected chi connectivity index (χ1v) is 6.85. The van der Waals surface area contributed by atoms with Crippen LogP contribution in [0.25, 0.3) is 0 Å². The molecular formula is C16H19F2NO2. The zero-order valence-corrected chi connectivity index (χ0v) is 12.4. The van der Waals surface area contributed by atoms with E-state index in [4.69, 9.17) is 9.15 Å². The molecule has 0 saturated carbocycles. The van der Waals surface area contributed by atoms with Crippen LogP contribution in [0.2, 0.25) is 0 Å². The van der Waals surface area contributed by atoms with Gasteiger partial charge in [-0.1, -0.05) is 13.8 Å². The second-order valence-corrected chi connectivity index (χ2v) is 5.19. The minimum Gasteiger partial charge on any atom is -0.489 e. The van der Waals surface area contributed by atoms with Gasteiger partial charge in [0.1, 0.15) is 23.9 Å². The van der Waals surface area contributed by atoms with Crippen LogP contribution in [0.1, 0.15) is 30.9 Å². The number of benzene rings is 1. The Balaban J connectivity index is 1.97. The summed E-state index contributed by atoms with van der Waals surface area (Å²) >= 11 is 0. The molecule has 0 aliphatic carbocycles. The molecule has 0 aliphatic rings. The summed E-state index contributed by atoms with van der Waals surface area (Å²) in [4.78, 5) is 0. The van der Waals surface area contributed by atoms with E-state index in [1.54, 1.807) is 0 Å². The van der Waals surface area contributed by atoms with Crippen molar-refractivity contribution in [2.75, 3.05) is 0 Å². The summed E-state index contributed by atoms with van der Waals surface area (Å²) in [5.41, 5.74) is 0.889. The van der Waals surface area contributed by atoms with Crippen LogP contribution < -0.4 is 10.1 Å². The molecule has 1 aromatic carbocycles. The molecule has 3 nitrogen and oxygen atoms in total. The monoisotopic (exact) mass is 295 g/mol. The fourth-order valence-electron chi connectivity index (χ4n) is 1.85. The first kappa shape index (κ1) is 15.5. The number of halogens is 2. The number of ether oxygens (including phenoxy) is 1. The van der Waals surface area contributed by atoms with Gasteiger partial charge in [-0.2, -0.15) is 0 Å². The molecule has 114 valence electrons. The SMILES string of the molecule is Cc1oc(CNC(C)C)cc1COc1ccc(F)c(F)c1. The van der Waals surface area contributed by atoms with E-state index in [0.29, 0.717) is 12.6 Å². The van der Waals surface area contributed by atoms with Crippen molar-refractivity contribution in [2.24, 2.45) is 0 Å². The van der Waals surface area contributed by atoms with Crippen LogP contribution in [0.4, 0.5) is 8.78 Å². The molecule has 5 heteroatoms. The third kappa shape index (κ3) is 4.29. The van der Waals surface area contributed by atoms with Crippen LogP contribution in [0.15, 0.2) is 28.7 Å². The van der Waals surface area contributed by atoms with Gasteiger partial charge in [0.15, 0.2) is 11.6 Å². The maximum atomic E-state index is 13.1. The first-order chi connectivity index (χ1) is 9.95. The molecule has 2 rings (SSSR count). The molecule has 0 radical (unpaired) electrons. The lowest BCUT2D eigenvalue weighted by molar-refractivity contribution is 0.300. The Kier molecular flexibility index (Phi) is 4.96. The maximum Gasteiger partial charge on any atom is 0.162 e. The molecule has 0 atom stereocenters. The van der Waals surface area contributed by atoms with Gasteiger partial charge in [0.05, 0.1) is 6.54 Å². The highest BCUT2D eigenvalue weighted by atomic mass is 19.2. The summed E-state index contributed by atoms with van der Waals surface area (Å²) in [5, 5.41) is 3.26. The lowest BCUT2D eigenvalue weighted by atomic mass is 10.2. The smallest absolute Gasteiger partial charge is 0.162 e. The van der Waals surface area contributed by atoms with E-state index in [0.717, 1.165) is 29.2 Å². The Hall–Kier alpha value is -1.88. The van der Waals surface area contributed by atoms with Gasteiger partial charge in [-0.15, -0.1) is 0 Å². The van der Waals surface area contributed by atoms with E-state index in [2.05, 4.69) is 19.2 Å². The minimum absolute atomic E-state index is 0.252. The molecule has 0 amide bonds. The van der Waals surface area contributed by atoms with Crippen LogP contribution in [0.5, 0.6) is 5.75 Å². The maximum absolute atomic E-state index is 13.1. The van der Waals surface area contributed by atoms with Gasteiger partial charge in [0.25, 0.3) is 0 Å². The zero-order chi connectivity index (χ0) is 15.4. The number of aryl methyl sites for hydroxylation is 1. The normalized spacial score (nSPS) is 11.1. The molecule has 0 saturated heterocycles. The average molecular weight is 295 g/mol. The van der Waals surface area contributed by atoms with Crippen molar-refractivity contribution in [1.29, 1.82) is 0 Å². The van der Waals surface area contributed by atoms with Crippen LogP contribution in [-0.2, 0) is 13.2 Å². The van der Waals surface area contributed by atoms with Crippen LogP contribution in [-0.4, -0.2) is 6.04 Å². The van der Waals surface area contributed by atoms with Gasteiger partial charge in [0, 0.05) is 17.7 Å². The van der Waals surface area contributed by atoms with Crippen molar-refractivity contribution in [1.82, 2.24) is 5.32 Å². The van der Waals surface area contributed by atoms with Crippen molar-refractivity contribution in [3.8, 4) is 5.75 Å². The van der Waals surface area contributed by atoms with Gasteiger partial charge in [-0.25, -0.2) is 8.78 Å². The highest BCUT2D eigenvalue weighted by molar-refractivity contribution is 5.25. The Bertz CT molecular complexity index is 608. The van der Waals surface area contributed by atoms with Gasteiger partial charge in [-0.3, -0.25) is 0 Å². The van der Waals surface area contributed by atoms with Crippen LogP contribution in [0, 0.1) is 18.6 Å². The third-order valence-corrected chi connectivity index (χ3v) is 3.04. The van der Waals surface area contributed by atoms with Gasteiger partial charge in [-0.05, 0) is 25.1 Å². The number of rotatable bonds is 6. The molecular weight excluding hydrogens is 276 g/mol. The van der Waals surface area contributed by atoms with Crippen molar-refractivity contribution >= 4 is 0 Å². The van der Waals surface area contributed by atoms with E-state index < -0.39 is 11.6 Å². The fraction of sp³-hybridized carbons (Fsp3) is 0.375. The molecule has 0 aliphatic heterocycles. The standard InChI is InChI=1S/C16H19F2NO2/c1-10(2)19-8-14-6-12(11(3)21-14)9-20-13-4-5-15(17)16(18)7-13/h4-7,10,19H,8-9H2,1-3H3. The number of furan rings is 1. The molecule has 0 fully saturated rings. The van der Waals surface area contributed by atoms with E-state index in [1.165, 1.54) is 6.07 Å². The molecule has 0 spiro atoms. The topological polar surface area (TPSA) is 34.4 Å². The second kappa shape index (κ2) is 6.72. The van der Waals surface area contributed by atoms with Crippen molar-refractivity contribution in [3.63, 3.8) is 0 Å². The Morgan fingerprint density at radius 3 is 2.62 bits per heavy atom. The van der Waals surface area contributed by atoms with Crippen LogP contribution >= 0.6 is 0 Å². The van der Waals surface area contributed by atoms with Crippen LogP contribution in [0.3, 0.4) is 0 Å². The quantitative estimate of drug-likeness (QED) is 0.876. The number of hydrogen-bond acceptors (Lipinski definition) is 3. The van der Waals surface area contributed by atoms with Gasteiger partial charge >= 0.3 is 0 Å². The van der Waals surface area contributed by atoms with E-state index in [1.807, 2.05) is 13.0 Å². The lowest BCUT2D eigenvalue weighted by Gasteiger charge is -2.05. The molecule has 1 aromatic heterocycles. The fourth-order valence-corrected chi connectivity index (χ4v) is 1.85. The van der Waals surface area contributed by atoms with E-state index >= 15 is 0 Å². The molecule has 1 heterocycles. The zero-order valence-electron chi connectivity index (χ0n) is 12.4. The Labute approximate surface area is 122 Å². The first-order valence-electron chi connectivity index (χ1n) is 6.85. The van der Waals surface area contributed by atoms with Crippen molar-refractivity contribution in [3.05, 3.63) is 53.0 Å². The second-order valence-electron chi connectivity index (χ2n) is 5.19. The minimum atomic E-state index is -0.918. The van der Waals surface area contributed by atoms with E-state index in [-0.39, 0.29) is 12.4 Å². The molecule has 2 aromatic rings. The summed E-state index contributed by atoms with van der Waals surface area (Å²) in [5.74, 6) is 0.0710. The lowest BCUT2D eigenvalue weighted by Crippen LogP contribution is -2.21. The molecule has 21 heavy (non-hydrogen) atoms. The Morgan fingerprint density at radius 1 is 1.19 bits per heavy atom. The number of nitrogens with one attached hydrogen (secondary N) is 1. The third-order valence-electron chi connectivity index (χ3n) is 3.04. The molecule has 0 unspecified atom stereocenters. The summed E-state index contributed by atoms with van der Waals surface area (Å²) < 4.78 is 37.0. The predicted octanol–water partition coefficient (Wildman–Crippen LogP) is 3.94. The summed E-state index contributed by atoms with van der Waals surface area (Å²) in [7, 11) is 0. The highest BCUT2D eigenvalue weighted by Crippen LogP contribution is 2.20.